The van der Waals surface area contributed by atoms with Gasteiger partial charge in [-0.2, -0.15) is 0 Å². The molecule has 0 fully saturated rings. The fourth-order valence-corrected chi connectivity index (χ4v) is 2.13. The number of amides is 1. The molecular weight excluding hydrogens is 272 g/mol. The first-order chi connectivity index (χ1) is 7.75. The van der Waals surface area contributed by atoms with E-state index < -0.39 is 0 Å². The van der Waals surface area contributed by atoms with Gasteiger partial charge in [-0.25, -0.2) is 9.78 Å². The van der Waals surface area contributed by atoms with Crippen molar-refractivity contribution in [3.05, 3.63) is 41.2 Å². The molecule has 0 bridgehead atoms. The molecule has 0 saturated heterocycles. The molecule has 0 atom stereocenters. The minimum Gasteiger partial charge on any atom is -0.285 e. The van der Waals surface area contributed by atoms with Crippen LogP contribution in [-0.2, 0) is 6.54 Å². The number of halogens is 1. The van der Waals surface area contributed by atoms with Crippen LogP contribution in [0.2, 0.25) is 0 Å². The number of anilines is 1. The van der Waals surface area contributed by atoms with E-state index in [4.69, 9.17) is 0 Å². The normalized spacial score (nSPS) is 14.3. The quantitative estimate of drug-likeness (QED) is 0.802. The highest BCUT2D eigenvalue weighted by atomic mass is 79.9. The SMILES string of the molecule is O=C1N(c2cccnc2)Cc2nc(Br)cn21. The average Bonchev–Trinajstić information content (AvgIpc) is 2.79. The lowest BCUT2D eigenvalue weighted by molar-refractivity contribution is 0.250. The second kappa shape index (κ2) is 3.41. The number of imidazole rings is 1. The van der Waals surface area contributed by atoms with Crippen LogP contribution in [0.5, 0.6) is 0 Å². The second-order valence-corrected chi connectivity index (χ2v) is 4.24. The summed E-state index contributed by atoms with van der Waals surface area (Å²) in [4.78, 5) is 21.9. The van der Waals surface area contributed by atoms with E-state index >= 15 is 0 Å². The van der Waals surface area contributed by atoms with Gasteiger partial charge in [-0.1, -0.05) is 0 Å². The van der Waals surface area contributed by atoms with Crippen molar-refractivity contribution in [3.8, 4) is 0 Å². The van der Waals surface area contributed by atoms with Gasteiger partial charge in [0.15, 0.2) is 0 Å². The lowest BCUT2D eigenvalue weighted by Crippen LogP contribution is -2.25. The fraction of sp³-hybridized carbons (Fsp3) is 0.100. The standard InChI is InChI=1S/C10H7BrN4O/c11-8-5-15-9(13-8)6-14(10(15)16)7-2-1-3-12-4-7/h1-5H,6H2. The van der Waals surface area contributed by atoms with Crippen LogP contribution >= 0.6 is 15.9 Å². The van der Waals surface area contributed by atoms with Gasteiger partial charge in [-0.3, -0.25) is 14.5 Å². The third-order valence-corrected chi connectivity index (χ3v) is 2.83. The molecular formula is C10H7BrN4O. The topological polar surface area (TPSA) is 51.0 Å². The Morgan fingerprint density at radius 2 is 2.31 bits per heavy atom. The van der Waals surface area contributed by atoms with Crippen molar-refractivity contribution in [2.75, 3.05) is 4.90 Å². The number of pyridine rings is 1. The van der Waals surface area contributed by atoms with Crippen LogP contribution in [0.1, 0.15) is 5.82 Å². The van der Waals surface area contributed by atoms with E-state index in [2.05, 4.69) is 25.9 Å². The zero-order valence-corrected chi connectivity index (χ0v) is 9.75. The smallest absolute Gasteiger partial charge is 0.285 e. The Morgan fingerprint density at radius 1 is 1.44 bits per heavy atom. The average molecular weight is 279 g/mol. The Hall–Kier alpha value is -1.69. The van der Waals surface area contributed by atoms with Gasteiger partial charge in [0.1, 0.15) is 10.4 Å². The molecule has 0 spiro atoms. The second-order valence-electron chi connectivity index (χ2n) is 3.43. The number of carbonyl (C=O) groups excluding carboxylic acids is 1. The van der Waals surface area contributed by atoms with Crippen LogP contribution in [0.3, 0.4) is 0 Å². The number of hydrogen-bond acceptors (Lipinski definition) is 3. The Kier molecular flexibility index (Phi) is 2.03. The number of carbonyl (C=O) groups is 1. The van der Waals surface area contributed by atoms with Crippen molar-refractivity contribution < 1.29 is 4.79 Å². The Labute approximate surface area is 99.9 Å². The van der Waals surface area contributed by atoms with E-state index in [1.54, 1.807) is 29.6 Å². The van der Waals surface area contributed by atoms with Gasteiger partial charge < -0.3 is 0 Å². The zero-order chi connectivity index (χ0) is 11.1. The maximum Gasteiger partial charge on any atom is 0.334 e. The minimum absolute atomic E-state index is 0.0961. The van der Waals surface area contributed by atoms with Crippen molar-refractivity contribution in [3.63, 3.8) is 0 Å². The van der Waals surface area contributed by atoms with E-state index in [0.29, 0.717) is 11.1 Å². The maximum absolute atomic E-state index is 12.0. The maximum atomic E-state index is 12.0. The monoisotopic (exact) mass is 278 g/mol. The van der Waals surface area contributed by atoms with E-state index in [0.717, 1.165) is 11.5 Å². The highest BCUT2D eigenvalue weighted by Crippen LogP contribution is 2.24. The number of nitrogens with zero attached hydrogens (tertiary/aromatic N) is 4. The summed E-state index contributed by atoms with van der Waals surface area (Å²) in [6.07, 6.45) is 5.02. The molecule has 0 saturated carbocycles. The summed E-state index contributed by atoms with van der Waals surface area (Å²) >= 11 is 3.25. The fourth-order valence-electron chi connectivity index (χ4n) is 1.72. The molecule has 0 radical (unpaired) electrons. The molecule has 1 aliphatic heterocycles. The molecule has 3 rings (SSSR count). The van der Waals surface area contributed by atoms with Crippen molar-refractivity contribution in [2.24, 2.45) is 0 Å². The molecule has 16 heavy (non-hydrogen) atoms. The van der Waals surface area contributed by atoms with Gasteiger partial charge in [-0.15, -0.1) is 0 Å². The zero-order valence-electron chi connectivity index (χ0n) is 8.17. The molecule has 3 heterocycles. The number of hydrogen-bond donors (Lipinski definition) is 0. The summed E-state index contributed by atoms with van der Waals surface area (Å²) in [5.74, 6) is 0.737. The van der Waals surface area contributed by atoms with Crippen molar-refractivity contribution >= 4 is 27.6 Å². The van der Waals surface area contributed by atoms with Gasteiger partial charge in [0.2, 0.25) is 0 Å². The molecule has 2 aromatic rings. The summed E-state index contributed by atoms with van der Waals surface area (Å²) in [5.41, 5.74) is 0.786. The molecule has 0 unspecified atom stereocenters. The minimum atomic E-state index is -0.0961. The van der Waals surface area contributed by atoms with Crippen LogP contribution in [-0.4, -0.2) is 20.6 Å². The van der Waals surface area contributed by atoms with Gasteiger partial charge >= 0.3 is 6.03 Å². The summed E-state index contributed by atoms with van der Waals surface area (Å²) in [5, 5.41) is 0. The molecule has 80 valence electrons. The molecule has 0 aliphatic carbocycles. The van der Waals surface area contributed by atoms with Crippen molar-refractivity contribution in [1.82, 2.24) is 14.5 Å². The lowest BCUT2D eigenvalue weighted by atomic mass is 10.4. The van der Waals surface area contributed by atoms with Crippen molar-refractivity contribution in [2.45, 2.75) is 6.54 Å². The summed E-state index contributed by atoms with van der Waals surface area (Å²) in [7, 11) is 0. The molecule has 5 nitrogen and oxygen atoms in total. The Bertz CT molecular complexity index is 551. The summed E-state index contributed by atoms with van der Waals surface area (Å²) in [6.45, 7) is 0.482. The van der Waals surface area contributed by atoms with Gasteiger partial charge in [0.25, 0.3) is 0 Å². The van der Waals surface area contributed by atoms with E-state index in [9.17, 15) is 4.79 Å². The highest BCUT2D eigenvalue weighted by molar-refractivity contribution is 9.10. The van der Waals surface area contributed by atoms with Crippen LogP contribution in [0, 0.1) is 0 Å². The Morgan fingerprint density at radius 3 is 3.00 bits per heavy atom. The van der Waals surface area contributed by atoms with Crippen molar-refractivity contribution in [1.29, 1.82) is 0 Å². The Balaban J connectivity index is 1.99. The van der Waals surface area contributed by atoms with Gasteiger partial charge in [0.05, 0.1) is 18.4 Å². The van der Waals surface area contributed by atoms with Gasteiger partial charge in [0, 0.05) is 12.4 Å². The van der Waals surface area contributed by atoms with E-state index in [1.165, 1.54) is 4.57 Å². The molecule has 1 aliphatic rings. The molecule has 0 N–H and O–H groups in total. The molecule has 0 aromatic carbocycles. The third kappa shape index (κ3) is 1.34. The molecule has 6 heteroatoms. The first kappa shape index (κ1) is 9.53. The van der Waals surface area contributed by atoms with Crippen LogP contribution in [0.25, 0.3) is 0 Å². The largest absolute Gasteiger partial charge is 0.334 e. The molecule has 2 aromatic heterocycles. The van der Waals surface area contributed by atoms with Crippen LogP contribution < -0.4 is 4.90 Å². The van der Waals surface area contributed by atoms with E-state index in [-0.39, 0.29) is 6.03 Å². The van der Waals surface area contributed by atoms with Gasteiger partial charge in [-0.05, 0) is 28.1 Å². The summed E-state index contributed by atoms with van der Waals surface area (Å²) in [6, 6.07) is 3.56. The van der Waals surface area contributed by atoms with Crippen LogP contribution in [0.4, 0.5) is 10.5 Å². The van der Waals surface area contributed by atoms with Crippen LogP contribution in [0.15, 0.2) is 35.3 Å². The highest BCUT2D eigenvalue weighted by Gasteiger charge is 2.29. The first-order valence-electron chi connectivity index (χ1n) is 4.71. The predicted octanol–water partition coefficient (Wildman–Crippen LogP) is 2.03. The molecule has 1 amide bonds. The predicted molar refractivity (Wildman–Crippen MR) is 61.1 cm³/mol. The number of aromatic nitrogens is 3. The first-order valence-corrected chi connectivity index (χ1v) is 5.50. The number of rotatable bonds is 1. The van der Waals surface area contributed by atoms with E-state index in [1.807, 2.05) is 6.07 Å². The summed E-state index contributed by atoms with van der Waals surface area (Å²) < 4.78 is 2.22. The lowest BCUT2D eigenvalue weighted by Gasteiger charge is -2.13. The number of fused-ring (bicyclic) bond motifs is 1. The third-order valence-electron chi connectivity index (χ3n) is 2.44.